The molecule has 2 heterocycles. The van der Waals surface area contributed by atoms with E-state index in [1.54, 1.807) is 16.2 Å². The molecule has 3 rings (SSSR count). The first-order valence-corrected chi connectivity index (χ1v) is 11.1. The van der Waals surface area contributed by atoms with Crippen LogP contribution in [0.2, 0.25) is 0 Å². The lowest BCUT2D eigenvalue weighted by Gasteiger charge is -2.38. The van der Waals surface area contributed by atoms with E-state index in [1.807, 2.05) is 24.0 Å². The highest BCUT2D eigenvalue weighted by Crippen LogP contribution is 2.38. The molecule has 0 radical (unpaired) electrons. The van der Waals surface area contributed by atoms with Gasteiger partial charge in [0.15, 0.2) is 0 Å². The largest absolute Gasteiger partial charge is 0.334 e. The number of nitrogens with zero attached hydrogens (tertiary/aromatic N) is 2. The molecule has 0 spiro atoms. The molecule has 0 fully saturated rings. The van der Waals surface area contributed by atoms with Gasteiger partial charge in [-0.05, 0) is 54.8 Å². The van der Waals surface area contributed by atoms with E-state index in [9.17, 15) is 9.59 Å². The number of thiophene rings is 1. The van der Waals surface area contributed by atoms with Crippen LogP contribution in [0.1, 0.15) is 60.7 Å². The molecule has 0 saturated carbocycles. The van der Waals surface area contributed by atoms with E-state index in [1.165, 1.54) is 21.6 Å². The van der Waals surface area contributed by atoms with E-state index in [0.29, 0.717) is 19.5 Å². The van der Waals surface area contributed by atoms with Crippen LogP contribution < -0.4 is 0 Å². The first kappa shape index (κ1) is 20.6. The van der Waals surface area contributed by atoms with Gasteiger partial charge >= 0.3 is 0 Å². The molecular formula is C23H30N2O2S. The van der Waals surface area contributed by atoms with E-state index < -0.39 is 0 Å². The Bertz CT molecular complexity index is 830. The van der Waals surface area contributed by atoms with Crippen LogP contribution in [-0.4, -0.2) is 41.2 Å². The number of carbonyl (C=O) groups excluding carboxylic acids is 2. The number of carbonyl (C=O) groups is 2. The minimum absolute atomic E-state index is 0.0387. The van der Waals surface area contributed by atoms with Crippen molar-refractivity contribution in [2.24, 2.45) is 0 Å². The molecule has 1 aliphatic rings. The number of aryl methyl sites for hydroxylation is 1. The summed E-state index contributed by atoms with van der Waals surface area (Å²) in [7, 11) is 0. The van der Waals surface area contributed by atoms with Crippen molar-refractivity contribution < 1.29 is 9.59 Å². The van der Waals surface area contributed by atoms with Crippen molar-refractivity contribution in [3.05, 3.63) is 57.3 Å². The van der Waals surface area contributed by atoms with Crippen molar-refractivity contribution in [3.8, 4) is 0 Å². The summed E-state index contributed by atoms with van der Waals surface area (Å²) in [6.07, 6.45) is 3.27. The Hall–Kier alpha value is -2.14. The van der Waals surface area contributed by atoms with Gasteiger partial charge in [-0.15, -0.1) is 11.3 Å². The van der Waals surface area contributed by atoms with E-state index in [-0.39, 0.29) is 24.4 Å². The van der Waals surface area contributed by atoms with Crippen LogP contribution in [0.3, 0.4) is 0 Å². The Morgan fingerprint density at radius 1 is 1.18 bits per heavy atom. The third-order valence-electron chi connectivity index (χ3n) is 5.57. The van der Waals surface area contributed by atoms with E-state index in [4.69, 9.17) is 0 Å². The minimum atomic E-state index is -0.0619. The summed E-state index contributed by atoms with van der Waals surface area (Å²) in [6.45, 7) is 7.57. The second-order valence-electron chi connectivity index (χ2n) is 7.41. The molecule has 0 bridgehead atoms. The number of amides is 2. The average molecular weight is 399 g/mol. The molecule has 0 N–H and O–H groups in total. The fourth-order valence-electron chi connectivity index (χ4n) is 3.93. The fraction of sp³-hybridized carbons (Fsp3) is 0.478. The zero-order valence-electron chi connectivity index (χ0n) is 17.1. The topological polar surface area (TPSA) is 40.6 Å². The summed E-state index contributed by atoms with van der Waals surface area (Å²) < 4.78 is 0. The number of hydrogen-bond acceptors (Lipinski definition) is 3. The number of unbranched alkanes of at least 4 members (excludes halogenated alkanes) is 1. The van der Waals surface area contributed by atoms with Crippen LogP contribution in [0, 0.1) is 6.92 Å². The molecule has 5 heteroatoms. The summed E-state index contributed by atoms with van der Waals surface area (Å²) in [5.41, 5.74) is 3.60. The first-order valence-electron chi connectivity index (χ1n) is 10.3. The molecule has 150 valence electrons. The third kappa shape index (κ3) is 4.30. The van der Waals surface area contributed by atoms with Gasteiger partial charge in [-0.1, -0.05) is 37.6 Å². The molecule has 1 atom stereocenters. The van der Waals surface area contributed by atoms with Crippen LogP contribution in [0.25, 0.3) is 0 Å². The standard InChI is InChI=1S/C23H30N2O2S/c1-4-6-11-21(26)24(5-2)16-22(27)25-14-12-20-19(13-15-28-20)23(25)18-10-8-7-9-17(18)3/h7-10,13,15,23H,4-6,11-12,14,16H2,1-3H3/t23-/m1/s1. The zero-order chi connectivity index (χ0) is 20.1. The number of rotatable bonds is 7. The molecule has 0 saturated heterocycles. The molecule has 0 aliphatic carbocycles. The van der Waals surface area contributed by atoms with Gasteiger partial charge in [-0.3, -0.25) is 9.59 Å². The van der Waals surface area contributed by atoms with Gasteiger partial charge in [-0.2, -0.15) is 0 Å². The lowest BCUT2D eigenvalue weighted by atomic mass is 9.90. The Morgan fingerprint density at radius 2 is 1.96 bits per heavy atom. The Labute approximate surface area is 172 Å². The van der Waals surface area contributed by atoms with Crippen molar-refractivity contribution in [2.75, 3.05) is 19.6 Å². The highest BCUT2D eigenvalue weighted by molar-refractivity contribution is 7.10. The third-order valence-corrected chi connectivity index (χ3v) is 6.57. The summed E-state index contributed by atoms with van der Waals surface area (Å²) in [5.74, 6) is 0.121. The average Bonchev–Trinajstić information content (AvgIpc) is 3.18. The normalized spacial score (nSPS) is 16.0. The summed E-state index contributed by atoms with van der Waals surface area (Å²) in [4.78, 5) is 30.8. The monoisotopic (exact) mass is 398 g/mol. The van der Waals surface area contributed by atoms with Crippen LogP contribution in [-0.2, 0) is 16.0 Å². The van der Waals surface area contributed by atoms with Crippen LogP contribution in [0.4, 0.5) is 0 Å². The van der Waals surface area contributed by atoms with E-state index in [0.717, 1.165) is 19.3 Å². The smallest absolute Gasteiger partial charge is 0.242 e. The summed E-state index contributed by atoms with van der Waals surface area (Å²) >= 11 is 1.77. The molecule has 1 aliphatic heterocycles. The predicted molar refractivity (Wildman–Crippen MR) is 115 cm³/mol. The van der Waals surface area contributed by atoms with Gasteiger partial charge in [0.25, 0.3) is 0 Å². The number of benzene rings is 1. The Kier molecular flexibility index (Phi) is 6.89. The van der Waals surface area contributed by atoms with E-state index in [2.05, 4.69) is 37.4 Å². The van der Waals surface area contributed by atoms with Crippen molar-refractivity contribution >= 4 is 23.2 Å². The molecule has 28 heavy (non-hydrogen) atoms. The maximum Gasteiger partial charge on any atom is 0.242 e. The van der Waals surface area contributed by atoms with Crippen LogP contribution in [0.15, 0.2) is 35.7 Å². The van der Waals surface area contributed by atoms with Crippen molar-refractivity contribution in [3.63, 3.8) is 0 Å². The van der Waals surface area contributed by atoms with Gasteiger partial charge in [0.2, 0.25) is 11.8 Å². The number of likely N-dealkylation sites (N-methyl/N-ethyl adjacent to an activating group) is 1. The highest BCUT2D eigenvalue weighted by atomic mass is 32.1. The number of hydrogen-bond donors (Lipinski definition) is 0. The Morgan fingerprint density at radius 3 is 2.68 bits per heavy atom. The highest BCUT2D eigenvalue weighted by Gasteiger charge is 2.34. The summed E-state index contributed by atoms with van der Waals surface area (Å²) in [5, 5.41) is 2.12. The first-order chi connectivity index (χ1) is 13.6. The van der Waals surface area contributed by atoms with Crippen molar-refractivity contribution in [2.45, 2.75) is 52.5 Å². The fourth-order valence-corrected chi connectivity index (χ4v) is 4.83. The maximum absolute atomic E-state index is 13.3. The lowest BCUT2D eigenvalue weighted by molar-refractivity contribution is -0.141. The molecule has 4 nitrogen and oxygen atoms in total. The van der Waals surface area contributed by atoms with Crippen molar-refractivity contribution in [1.29, 1.82) is 0 Å². The van der Waals surface area contributed by atoms with Gasteiger partial charge in [0, 0.05) is 24.4 Å². The second kappa shape index (κ2) is 9.37. The second-order valence-corrected chi connectivity index (χ2v) is 8.41. The molecule has 2 amide bonds. The van der Waals surface area contributed by atoms with Gasteiger partial charge < -0.3 is 9.80 Å². The molecule has 2 aromatic rings. The van der Waals surface area contributed by atoms with Gasteiger partial charge in [-0.25, -0.2) is 0 Å². The molecule has 0 unspecified atom stereocenters. The Balaban J connectivity index is 1.86. The van der Waals surface area contributed by atoms with Crippen molar-refractivity contribution in [1.82, 2.24) is 9.80 Å². The number of fused-ring (bicyclic) bond motifs is 1. The maximum atomic E-state index is 13.3. The van der Waals surface area contributed by atoms with Gasteiger partial charge in [0.1, 0.15) is 0 Å². The van der Waals surface area contributed by atoms with E-state index >= 15 is 0 Å². The minimum Gasteiger partial charge on any atom is -0.334 e. The van der Waals surface area contributed by atoms with Crippen LogP contribution in [0.5, 0.6) is 0 Å². The zero-order valence-corrected chi connectivity index (χ0v) is 17.9. The summed E-state index contributed by atoms with van der Waals surface area (Å²) in [6, 6.07) is 10.4. The molecule has 1 aromatic heterocycles. The molecular weight excluding hydrogens is 368 g/mol. The van der Waals surface area contributed by atoms with Crippen LogP contribution >= 0.6 is 11.3 Å². The van der Waals surface area contributed by atoms with Gasteiger partial charge in [0.05, 0.1) is 12.6 Å². The predicted octanol–water partition coefficient (Wildman–Crippen LogP) is 4.57. The quantitative estimate of drug-likeness (QED) is 0.685. The molecule has 1 aromatic carbocycles. The SMILES string of the molecule is CCCCC(=O)N(CC)CC(=O)N1CCc2sccc2[C@H]1c1ccccc1C. The lowest BCUT2D eigenvalue weighted by Crippen LogP contribution is -2.46.